The second-order valence-electron chi connectivity index (χ2n) is 6.74. The van der Waals surface area contributed by atoms with E-state index in [1.165, 1.54) is 31.7 Å². The lowest BCUT2D eigenvalue weighted by molar-refractivity contribution is 0.935. The van der Waals surface area contributed by atoms with E-state index in [0.717, 1.165) is 0 Å². The normalized spacial score (nSPS) is 27.2. The molecule has 2 rings (SSSR count). The van der Waals surface area contributed by atoms with Crippen molar-refractivity contribution < 1.29 is 0 Å². The lowest BCUT2D eigenvalue weighted by Gasteiger charge is -2.16. The van der Waals surface area contributed by atoms with Gasteiger partial charge in [0.05, 0.1) is 8.07 Å². The first-order chi connectivity index (χ1) is 6.97. The SMILES string of the molecule is CC[Si]1(C)CCCC1.C[Si]1(C)CCCC1. The highest BCUT2D eigenvalue weighted by atomic mass is 28.3. The Bertz CT molecular complexity index is 173. The molecular formula is C13H30Si2. The van der Waals surface area contributed by atoms with E-state index in [0.29, 0.717) is 0 Å². The minimum Gasteiger partial charge on any atom is -0.0693 e. The lowest BCUT2D eigenvalue weighted by atomic mass is 10.4. The lowest BCUT2D eigenvalue weighted by Crippen LogP contribution is -2.22. The van der Waals surface area contributed by atoms with Crippen LogP contribution in [0.3, 0.4) is 0 Å². The zero-order valence-corrected chi connectivity index (χ0v) is 13.4. The third kappa shape index (κ3) is 4.86. The van der Waals surface area contributed by atoms with Gasteiger partial charge in [-0.15, -0.1) is 0 Å². The van der Waals surface area contributed by atoms with Gasteiger partial charge in [0.15, 0.2) is 0 Å². The van der Waals surface area contributed by atoms with Crippen LogP contribution in [0.4, 0.5) is 0 Å². The van der Waals surface area contributed by atoms with E-state index in [-0.39, 0.29) is 0 Å². The van der Waals surface area contributed by atoms with Crippen LogP contribution in [0.1, 0.15) is 32.6 Å². The Morgan fingerprint density at radius 3 is 1.33 bits per heavy atom. The third-order valence-corrected chi connectivity index (χ3v) is 12.9. The van der Waals surface area contributed by atoms with E-state index >= 15 is 0 Å². The van der Waals surface area contributed by atoms with Crippen molar-refractivity contribution in [3.8, 4) is 0 Å². The quantitative estimate of drug-likeness (QED) is 0.543. The predicted octanol–water partition coefficient (Wildman–Crippen LogP) is 5.37. The summed E-state index contributed by atoms with van der Waals surface area (Å²) in [6, 6.07) is 7.93. The smallest absolute Gasteiger partial charge is 0.0502 e. The highest BCUT2D eigenvalue weighted by molar-refractivity contribution is 6.79. The summed E-state index contributed by atoms with van der Waals surface area (Å²) in [6.45, 7) is 9.93. The molecule has 2 fully saturated rings. The predicted molar refractivity (Wildman–Crippen MR) is 77.3 cm³/mol. The van der Waals surface area contributed by atoms with Crippen LogP contribution in [0.5, 0.6) is 0 Å². The Hall–Kier alpha value is 0.434. The van der Waals surface area contributed by atoms with Gasteiger partial charge in [-0.2, -0.15) is 0 Å². The van der Waals surface area contributed by atoms with Crippen molar-refractivity contribution in [2.24, 2.45) is 0 Å². The molecule has 2 aliphatic rings. The van der Waals surface area contributed by atoms with Crippen LogP contribution < -0.4 is 0 Å². The zero-order valence-electron chi connectivity index (χ0n) is 11.4. The monoisotopic (exact) mass is 242 g/mol. The van der Waals surface area contributed by atoms with Gasteiger partial charge in [-0.25, -0.2) is 0 Å². The molecule has 0 aliphatic carbocycles. The van der Waals surface area contributed by atoms with Crippen LogP contribution in [0.2, 0.25) is 49.9 Å². The molecule has 0 atom stereocenters. The molecule has 0 unspecified atom stereocenters. The van der Waals surface area contributed by atoms with Crippen molar-refractivity contribution in [1.29, 1.82) is 0 Å². The molecule has 2 aliphatic heterocycles. The summed E-state index contributed by atoms with van der Waals surface area (Å²) in [6.07, 6.45) is 6.13. The summed E-state index contributed by atoms with van der Waals surface area (Å²) in [4.78, 5) is 0. The molecule has 0 spiro atoms. The summed E-state index contributed by atoms with van der Waals surface area (Å²) < 4.78 is 0. The van der Waals surface area contributed by atoms with Gasteiger partial charge in [-0.1, -0.05) is 82.5 Å². The minimum atomic E-state index is -0.560. The van der Waals surface area contributed by atoms with Gasteiger partial charge >= 0.3 is 0 Å². The number of hydrogen-bond acceptors (Lipinski definition) is 0. The molecular weight excluding hydrogens is 212 g/mol. The van der Waals surface area contributed by atoms with Gasteiger partial charge < -0.3 is 0 Å². The molecule has 0 radical (unpaired) electrons. The highest BCUT2D eigenvalue weighted by Gasteiger charge is 2.28. The molecule has 90 valence electrons. The second kappa shape index (κ2) is 5.67. The topological polar surface area (TPSA) is 0 Å². The standard InChI is InChI=1S/C7H16Si.C6H14Si/c1-3-8(2)6-4-5-7-8;1-7(2)5-3-4-6-7/h3-7H2,1-2H3;3-6H2,1-2H3. The molecule has 0 aromatic carbocycles. The van der Waals surface area contributed by atoms with E-state index in [2.05, 4.69) is 26.6 Å². The van der Waals surface area contributed by atoms with Crippen LogP contribution in [0.15, 0.2) is 0 Å². The summed E-state index contributed by atoms with van der Waals surface area (Å²) in [5, 5.41) is 0. The average molecular weight is 243 g/mol. The average Bonchev–Trinajstić information content (AvgIpc) is 2.77. The van der Waals surface area contributed by atoms with Gasteiger partial charge in [0.2, 0.25) is 0 Å². The summed E-state index contributed by atoms with van der Waals surface area (Å²) in [7, 11) is -1.10. The van der Waals surface area contributed by atoms with Crippen LogP contribution >= 0.6 is 0 Å². The van der Waals surface area contributed by atoms with Gasteiger partial charge in [-0.05, 0) is 0 Å². The van der Waals surface area contributed by atoms with E-state index in [1.807, 2.05) is 0 Å². The fraction of sp³-hybridized carbons (Fsp3) is 1.00. The molecule has 0 N–H and O–H groups in total. The Labute approximate surface area is 98.9 Å². The highest BCUT2D eigenvalue weighted by Crippen LogP contribution is 2.32. The van der Waals surface area contributed by atoms with Crippen molar-refractivity contribution >= 4 is 16.1 Å². The van der Waals surface area contributed by atoms with Gasteiger partial charge in [0, 0.05) is 8.07 Å². The third-order valence-electron chi connectivity index (χ3n) is 4.62. The van der Waals surface area contributed by atoms with Crippen molar-refractivity contribution in [1.82, 2.24) is 0 Å². The zero-order chi connectivity index (χ0) is 11.4. The fourth-order valence-electron chi connectivity index (χ4n) is 2.91. The molecule has 0 bridgehead atoms. The first-order valence-electron chi connectivity index (χ1n) is 6.97. The molecule has 15 heavy (non-hydrogen) atoms. The Morgan fingerprint density at radius 2 is 1.13 bits per heavy atom. The van der Waals surface area contributed by atoms with Crippen molar-refractivity contribution in [2.75, 3.05) is 0 Å². The molecule has 2 heterocycles. The molecule has 0 nitrogen and oxygen atoms in total. The maximum atomic E-state index is 2.56. The largest absolute Gasteiger partial charge is 0.0693 e. The first-order valence-corrected chi connectivity index (χ1v) is 13.5. The van der Waals surface area contributed by atoms with Crippen molar-refractivity contribution in [3.63, 3.8) is 0 Å². The van der Waals surface area contributed by atoms with Crippen molar-refractivity contribution in [2.45, 2.75) is 82.5 Å². The maximum Gasteiger partial charge on any atom is 0.0502 e. The minimum absolute atomic E-state index is 0.540. The van der Waals surface area contributed by atoms with Crippen LogP contribution in [-0.4, -0.2) is 16.1 Å². The summed E-state index contributed by atoms with van der Waals surface area (Å²) in [5.41, 5.74) is 0. The van der Waals surface area contributed by atoms with Gasteiger partial charge in [0.25, 0.3) is 0 Å². The molecule has 2 saturated heterocycles. The Morgan fingerprint density at radius 1 is 0.733 bits per heavy atom. The molecule has 2 heteroatoms. The molecule has 0 aromatic heterocycles. The molecule has 0 aromatic rings. The van der Waals surface area contributed by atoms with E-state index in [4.69, 9.17) is 0 Å². The number of rotatable bonds is 1. The molecule has 0 amide bonds. The number of hydrogen-bond donors (Lipinski definition) is 0. The summed E-state index contributed by atoms with van der Waals surface area (Å²) >= 11 is 0. The van der Waals surface area contributed by atoms with Gasteiger partial charge in [-0.3, -0.25) is 0 Å². The summed E-state index contributed by atoms with van der Waals surface area (Å²) in [5.74, 6) is 0. The first kappa shape index (κ1) is 13.5. The van der Waals surface area contributed by atoms with E-state index in [9.17, 15) is 0 Å². The van der Waals surface area contributed by atoms with Crippen LogP contribution in [-0.2, 0) is 0 Å². The second-order valence-corrected chi connectivity index (χ2v) is 17.4. The van der Waals surface area contributed by atoms with Crippen LogP contribution in [0, 0.1) is 0 Å². The van der Waals surface area contributed by atoms with Crippen LogP contribution in [0.25, 0.3) is 0 Å². The molecule has 0 saturated carbocycles. The van der Waals surface area contributed by atoms with E-state index < -0.39 is 16.1 Å². The van der Waals surface area contributed by atoms with Crippen molar-refractivity contribution in [3.05, 3.63) is 0 Å². The Balaban J connectivity index is 0.000000151. The van der Waals surface area contributed by atoms with E-state index in [1.54, 1.807) is 24.2 Å². The Kier molecular flexibility index (Phi) is 5.10. The maximum absolute atomic E-state index is 2.56. The fourth-order valence-corrected chi connectivity index (χ4v) is 8.74. The van der Waals surface area contributed by atoms with Gasteiger partial charge in [0.1, 0.15) is 0 Å².